The number of carbonyl (C=O) groups excluding carboxylic acids is 1. The van der Waals surface area contributed by atoms with Crippen molar-refractivity contribution >= 4 is 12.0 Å². The number of phenolic OH excluding ortho intramolecular Hbond substituents is 2. The molecule has 1 aromatic rings. The molecule has 5 aliphatic rings. The summed E-state index contributed by atoms with van der Waals surface area (Å²) in [5, 5.41) is 19.4. The Balaban J connectivity index is 1.22. The molecule has 0 aliphatic heterocycles. The number of fused-ring (bicyclic) bond motifs is 7. The van der Waals surface area contributed by atoms with Crippen molar-refractivity contribution < 1.29 is 19.7 Å². The molecule has 0 heterocycles. The van der Waals surface area contributed by atoms with E-state index in [2.05, 4.69) is 61.5 Å². The molecule has 0 spiro atoms. The minimum absolute atomic E-state index is 0.104. The number of allylic oxidation sites excluding steroid dienone is 2. The van der Waals surface area contributed by atoms with E-state index in [1.54, 1.807) is 12.1 Å². The number of benzene rings is 1. The first-order chi connectivity index (χ1) is 20.0. The van der Waals surface area contributed by atoms with Crippen LogP contribution in [0.5, 0.6) is 11.5 Å². The monoisotopic (exact) mass is 588 g/mol. The van der Waals surface area contributed by atoms with Gasteiger partial charge < -0.3 is 14.9 Å². The van der Waals surface area contributed by atoms with Gasteiger partial charge in [-0.1, -0.05) is 73.1 Å². The molecule has 0 saturated heterocycles. The number of carbonyl (C=O) groups is 1. The van der Waals surface area contributed by atoms with Crippen LogP contribution in [0.3, 0.4) is 0 Å². The van der Waals surface area contributed by atoms with Gasteiger partial charge in [0, 0.05) is 11.5 Å². The van der Waals surface area contributed by atoms with E-state index in [-0.39, 0.29) is 34.4 Å². The van der Waals surface area contributed by atoms with Crippen LogP contribution in [-0.4, -0.2) is 22.3 Å². The molecule has 0 unspecified atom stereocenters. The highest BCUT2D eigenvalue weighted by Crippen LogP contribution is 2.76. The summed E-state index contributed by atoms with van der Waals surface area (Å²) in [6.45, 7) is 20.2. The van der Waals surface area contributed by atoms with Crippen molar-refractivity contribution in [1.29, 1.82) is 0 Å². The fraction of sp³-hybridized carbons (Fsp3) is 0.718. The number of hydrogen-bond acceptors (Lipinski definition) is 4. The normalized spacial score (nSPS) is 43.0. The van der Waals surface area contributed by atoms with Gasteiger partial charge in [-0.2, -0.15) is 0 Å². The highest BCUT2D eigenvalue weighted by Gasteiger charge is 2.69. The smallest absolute Gasteiger partial charge is 0.331 e. The summed E-state index contributed by atoms with van der Waals surface area (Å²) in [5.41, 5.74) is 3.97. The molecule has 4 fully saturated rings. The quantitative estimate of drug-likeness (QED) is 0.160. The lowest BCUT2D eigenvalue weighted by Crippen LogP contribution is -2.66. The van der Waals surface area contributed by atoms with Crippen molar-refractivity contribution in [3.05, 3.63) is 41.5 Å². The first-order valence-corrected chi connectivity index (χ1v) is 17.1. The molecular formula is C39H56O4. The molecule has 2 N–H and O–H groups in total. The van der Waals surface area contributed by atoms with Crippen LogP contribution in [0.4, 0.5) is 0 Å². The predicted octanol–water partition coefficient (Wildman–Crippen LogP) is 9.84. The lowest BCUT2D eigenvalue weighted by Gasteiger charge is -2.72. The van der Waals surface area contributed by atoms with Crippen LogP contribution in [0, 0.1) is 50.2 Å². The Morgan fingerprint density at radius 2 is 1.51 bits per heavy atom. The van der Waals surface area contributed by atoms with Gasteiger partial charge in [0.2, 0.25) is 0 Å². The van der Waals surface area contributed by atoms with Crippen molar-refractivity contribution in [2.45, 2.75) is 126 Å². The molecule has 6 rings (SSSR count). The number of aromatic hydroxyl groups is 2. The second-order valence-corrected chi connectivity index (χ2v) is 17.6. The molecule has 4 heteroatoms. The lowest BCUT2D eigenvalue weighted by molar-refractivity contribution is -0.232. The fourth-order valence-electron chi connectivity index (χ4n) is 11.8. The van der Waals surface area contributed by atoms with Gasteiger partial charge in [0.15, 0.2) is 11.5 Å². The van der Waals surface area contributed by atoms with Gasteiger partial charge in [0.05, 0.1) is 0 Å². The van der Waals surface area contributed by atoms with Crippen molar-refractivity contribution in [2.24, 2.45) is 50.2 Å². The molecule has 5 aliphatic carbocycles. The number of rotatable bonds is 3. The molecular weight excluding hydrogens is 532 g/mol. The van der Waals surface area contributed by atoms with E-state index >= 15 is 0 Å². The molecule has 0 radical (unpaired) electrons. The largest absolute Gasteiger partial charge is 0.504 e. The molecule has 1 aromatic carbocycles. The number of esters is 1. The number of hydrogen-bond donors (Lipinski definition) is 2. The Morgan fingerprint density at radius 1 is 0.791 bits per heavy atom. The van der Waals surface area contributed by atoms with Crippen LogP contribution in [-0.2, 0) is 9.53 Å². The second kappa shape index (κ2) is 9.88. The summed E-state index contributed by atoms with van der Waals surface area (Å²) in [6, 6.07) is 4.54. The van der Waals surface area contributed by atoms with E-state index in [1.807, 2.05) is 5.57 Å². The summed E-state index contributed by atoms with van der Waals surface area (Å²) < 4.78 is 6.19. The Hall–Kier alpha value is -2.23. The fourth-order valence-corrected chi connectivity index (χ4v) is 11.8. The summed E-state index contributed by atoms with van der Waals surface area (Å²) in [6.07, 6.45) is 18.2. The minimum Gasteiger partial charge on any atom is -0.504 e. The second-order valence-electron chi connectivity index (χ2n) is 17.6. The third kappa shape index (κ3) is 4.62. The van der Waals surface area contributed by atoms with E-state index < -0.39 is 0 Å². The number of phenols is 2. The molecule has 0 aromatic heterocycles. The molecule has 4 nitrogen and oxygen atoms in total. The average molecular weight is 589 g/mol. The third-order valence-corrected chi connectivity index (χ3v) is 14.6. The van der Waals surface area contributed by atoms with Crippen molar-refractivity contribution in [2.75, 3.05) is 0 Å². The topological polar surface area (TPSA) is 66.8 Å². The standard InChI is InChI=1S/C39H56O4/c1-34(2)19-20-36(5)21-22-38(7)26(27(36)24-34)11-13-31-37(6)17-16-32(35(3,4)30(37)15-18-39(31,38)8)43-33(42)14-10-25-9-12-28(40)29(41)23-25/h9-10,12,14,23-24,26,30-32,40-41H,11,13,15-22H2,1-8H3/b14-10+/t26-,30+,31-,32+,36-,37+,38-,39-/m1/s1. The van der Waals surface area contributed by atoms with Crippen LogP contribution < -0.4 is 0 Å². The first-order valence-electron chi connectivity index (χ1n) is 17.1. The summed E-state index contributed by atoms with van der Waals surface area (Å²) in [5.74, 6) is 1.22. The van der Waals surface area contributed by atoms with Crippen molar-refractivity contribution in [1.82, 2.24) is 0 Å². The van der Waals surface area contributed by atoms with Crippen LogP contribution >= 0.6 is 0 Å². The Morgan fingerprint density at radius 3 is 2.23 bits per heavy atom. The first kappa shape index (κ1) is 30.8. The Kier molecular flexibility index (Phi) is 7.08. The van der Waals surface area contributed by atoms with Gasteiger partial charge in [-0.15, -0.1) is 0 Å². The third-order valence-electron chi connectivity index (χ3n) is 14.6. The average Bonchev–Trinajstić information content (AvgIpc) is 2.92. The molecule has 43 heavy (non-hydrogen) atoms. The Labute approximate surface area is 260 Å². The van der Waals surface area contributed by atoms with Gasteiger partial charge in [-0.25, -0.2) is 4.79 Å². The van der Waals surface area contributed by atoms with Gasteiger partial charge in [-0.05, 0) is 133 Å². The van der Waals surface area contributed by atoms with Crippen LogP contribution in [0.2, 0.25) is 0 Å². The summed E-state index contributed by atoms with van der Waals surface area (Å²) in [7, 11) is 0. The molecule has 0 amide bonds. The molecule has 236 valence electrons. The molecule has 0 bridgehead atoms. The molecule has 4 saturated carbocycles. The summed E-state index contributed by atoms with van der Waals surface area (Å²) in [4.78, 5) is 13.0. The van der Waals surface area contributed by atoms with E-state index in [4.69, 9.17) is 4.74 Å². The van der Waals surface area contributed by atoms with Gasteiger partial charge in [0.1, 0.15) is 6.10 Å². The zero-order valence-electron chi connectivity index (χ0n) is 28.1. The maximum absolute atomic E-state index is 13.0. The van der Waals surface area contributed by atoms with Gasteiger partial charge >= 0.3 is 5.97 Å². The summed E-state index contributed by atoms with van der Waals surface area (Å²) >= 11 is 0. The maximum Gasteiger partial charge on any atom is 0.331 e. The Bertz CT molecular complexity index is 1350. The molecule has 8 atom stereocenters. The zero-order chi connectivity index (χ0) is 31.2. The van der Waals surface area contributed by atoms with Crippen LogP contribution in [0.1, 0.15) is 125 Å². The van der Waals surface area contributed by atoms with Gasteiger partial charge in [-0.3, -0.25) is 0 Å². The maximum atomic E-state index is 13.0. The predicted molar refractivity (Wildman–Crippen MR) is 173 cm³/mol. The van der Waals surface area contributed by atoms with E-state index in [0.29, 0.717) is 45.0 Å². The van der Waals surface area contributed by atoms with E-state index in [1.165, 1.54) is 69.6 Å². The number of ether oxygens (including phenoxy) is 1. The van der Waals surface area contributed by atoms with Crippen molar-refractivity contribution in [3.8, 4) is 11.5 Å². The minimum atomic E-state index is -0.336. The SMILES string of the molecule is CC1(C)C=C2[C@H]3CC[C@@H]4[C@@]5(C)CC[C@H](OC(=O)/C=C/c6ccc(O)c(O)c6)C(C)(C)[C@@H]5CC[C@@]4(C)[C@]3(C)CC[C@@]2(C)CC1. The lowest BCUT2D eigenvalue weighted by atomic mass is 9.32. The van der Waals surface area contributed by atoms with E-state index in [9.17, 15) is 15.0 Å². The highest BCUT2D eigenvalue weighted by atomic mass is 16.5. The van der Waals surface area contributed by atoms with Crippen LogP contribution in [0.25, 0.3) is 6.08 Å². The van der Waals surface area contributed by atoms with E-state index in [0.717, 1.165) is 12.8 Å². The highest BCUT2D eigenvalue weighted by molar-refractivity contribution is 5.87. The van der Waals surface area contributed by atoms with Crippen molar-refractivity contribution in [3.63, 3.8) is 0 Å². The van der Waals surface area contributed by atoms with Gasteiger partial charge in [0.25, 0.3) is 0 Å². The van der Waals surface area contributed by atoms with Crippen LogP contribution in [0.15, 0.2) is 35.9 Å². The zero-order valence-corrected chi connectivity index (χ0v) is 28.1.